The van der Waals surface area contributed by atoms with Gasteiger partial charge in [-0.05, 0) is 23.2 Å². The maximum absolute atomic E-state index is 13.6. The lowest BCUT2D eigenvalue weighted by Crippen LogP contribution is -2.42. The third kappa shape index (κ3) is 2.93. The molecule has 0 saturated carbocycles. The Morgan fingerprint density at radius 3 is 2.61 bits per heavy atom. The molecule has 0 bridgehead atoms. The highest BCUT2D eigenvalue weighted by Gasteiger charge is 2.39. The first-order chi connectivity index (χ1) is 10.8. The fourth-order valence-electron chi connectivity index (χ4n) is 2.35. The number of ether oxygens (including phenoxy) is 2. The highest BCUT2D eigenvalue weighted by molar-refractivity contribution is 6.61. The van der Waals surface area contributed by atoms with Crippen molar-refractivity contribution in [3.8, 4) is 0 Å². The van der Waals surface area contributed by atoms with E-state index in [9.17, 15) is 19.0 Å². The third-order valence-electron chi connectivity index (χ3n) is 3.39. The number of benzene rings is 1. The zero-order chi connectivity index (χ0) is 16.8. The van der Waals surface area contributed by atoms with Crippen LogP contribution < -0.4 is 10.8 Å². The summed E-state index contributed by atoms with van der Waals surface area (Å²) in [5, 5.41) is 12.3. The van der Waals surface area contributed by atoms with Crippen molar-refractivity contribution in [1.82, 2.24) is 0 Å². The van der Waals surface area contributed by atoms with E-state index in [-0.39, 0.29) is 17.9 Å². The molecular weight excluding hydrogens is 308 g/mol. The van der Waals surface area contributed by atoms with Gasteiger partial charge in [-0.1, -0.05) is 0 Å². The van der Waals surface area contributed by atoms with E-state index in [0.29, 0.717) is 11.0 Å². The van der Waals surface area contributed by atoms with Crippen molar-refractivity contribution < 1.29 is 33.1 Å². The van der Waals surface area contributed by atoms with Gasteiger partial charge in [-0.25, -0.2) is 14.0 Å². The van der Waals surface area contributed by atoms with Crippen molar-refractivity contribution in [3.63, 3.8) is 0 Å². The van der Waals surface area contributed by atoms with E-state index in [4.69, 9.17) is 14.1 Å². The zero-order valence-corrected chi connectivity index (χ0v) is 12.4. The molecule has 0 atom stereocenters. The van der Waals surface area contributed by atoms with Crippen molar-refractivity contribution >= 4 is 30.2 Å². The minimum atomic E-state index is -1.33. The fraction of sp³-hybridized carbons (Fsp3) is 0.286. The highest BCUT2D eigenvalue weighted by Crippen LogP contribution is 2.25. The minimum absolute atomic E-state index is 0.0736. The Morgan fingerprint density at radius 1 is 1.30 bits per heavy atom. The van der Waals surface area contributed by atoms with Gasteiger partial charge in [0, 0.05) is 25.7 Å². The normalized spacial score (nSPS) is 19.1. The number of halogens is 1. The first-order valence-electron chi connectivity index (χ1n) is 6.82. The van der Waals surface area contributed by atoms with Gasteiger partial charge in [-0.3, -0.25) is 0 Å². The first kappa shape index (κ1) is 15.5. The van der Waals surface area contributed by atoms with E-state index in [1.54, 1.807) is 0 Å². The number of fused-ring (bicyclic) bond motifs is 1. The summed E-state index contributed by atoms with van der Waals surface area (Å²) < 4.78 is 28.5. The predicted octanol–water partition coefficient (Wildman–Crippen LogP) is 0.175. The lowest BCUT2D eigenvalue weighted by molar-refractivity contribution is -0.222. The molecule has 120 valence electrons. The number of hydrogen-bond donors (Lipinski definition) is 2. The first-order valence-corrected chi connectivity index (χ1v) is 6.82. The molecule has 1 aromatic rings. The summed E-state index contributed by atoms with van der Waals surface area (Å²) in [6, 6.07) is 2.33. The summed E-state index contributed by atoms with van der Waals surface area (Å²) in [6.45, 7) is 2.95. The molecule has 0 unspecified atom stereocenters. The molecule has 7 nitrogen and oxygen atoms in total. The van der Waals surface area contributed by atoms with Crippen LogP contribution in [0.15, 0.2) is 23.9 Å². The summed E-state index contributed by atoms with van der Waals surface area (Å²) in [5.41, 5.74) is 0.755. The lowest BCUT2D eigenvalue weighted by atomic mass is 9.79. The molecule has 0 radical (unpaired) electrons. The van der Waals surface area contributed by atoms with Gasteiger partial charge in [0.05, 0.1) is 6.61 Å². The zero-order valence-electron chi connectivity index (χ0n) is 12.4. The van der Waals surface area contributed by atoms with E-state index in [1.165, 1.54) is 19.9 Å². The van der Waals surface area contributed by atoms with Crippen LogP contribution in [0.3, 0.4) is 0 Å². The van der Waals surface area contributed by atoms with Gasteiger partial charge in [0.2, 0.25) is 0 Å². The van der Waals surface area contributed by atoms with E-state index < -0.39 is 30.7 Å². The smallest absolute Gasteiger partial charge is 0.423 e. The van der Waals surface area contributed by atoms with Gasteiger partial charge in [-0.15, -0.1) is 0 Å². The Labute approximate surface area is 131 Å². The molecule has 0 spiro atoms. The second-order valence-corrected chi connectivity index (χ2v) is 5.57. The summed E-state index contributed by atoms with van der Waals surface area (Å²) in [6.07, 6.45) is 1.08. The van der Waals surface area contributed by atoms with Crippen LogP contribution in [-0.4, -0.2) is 29.9 Å². The fourth-order valence-corrected chi connectivity index (χ4v) is 2.35. The average Bonchev–Trinajstić information content (AvgIpc) is 2.78. The number of cyclic esters (lactones) is 2. The van der Waals surface area contributed by atoms with Crippen molar-refractivity contribution in [1.29, 1.82) is 0 Å². The number of nitrogens with one attached hydrogen (secondary N) is 1. The maximum atomic E-state index is 13.6. The van der Waals surface area contributed by atoms with Crippen molar-refractivity contribution in [2.24, 2.45) is 0 Å². The second-order valence-electron chi connectivity index (χ2n) is 5.57. The Hall–Kier alpha value is -2.39. The second kappa shape index (κ2) is 5.36. The van der Waals surface area contributed by atoms with Crippen LogP contribution in [0, 0.1) is 5.82 Å². The van der Waals surface area contributed by atoms with Gasteiger partial charge in [0.15, 0.2) is 5.57 Å². The quantitative estimate of drug-likeness (QED) is 0.347. The molecule has 0 amide bonds. The highest BCUT2D eigenvalue weighted by atomic mass is 19.1. The van der Waals surface area contributed by atoms with Crippen molar-refractivity contribution in [2.45, 2.75) is 26.2 Å². The Bertz CT molecular complexity index is 710. The number of rotatable bonds is 2. The Balaban J connectivity index is 1.88. The molecule has 2 N–H and O–H groups in total. The number of carbonyl (C=O) groups is 2. The molecule has 9 heteroatoms. The van der Waals surface area contributed by atoms with Crippen molar-refractivity contribution in [2.75, 3.05) is 5.32 Å². The van der Waals surface area contributed by atoms with Gasteiger partial charge in [0.1, 0.15) is 5.82 Å². The van der Waals surface area contributed by atoms with Crippen LogP contribution in [0.5, 0.6) is 0 Å². The SMILES string of the molecule is CC1(C)OC(=O)C(=CNc2cc(F)cc3c2COB3O)C(=O)O1. The van der Waals surface area contributed by atoms with Gasteiger partial charge in [-0.2, -0.15) is 0 Å². The van der Waals surface area contributed by atoms with Crippen molar-refractivity contribution in [3.05, 3.63) is 35.3 Å². The molecule has 0 aromatic heterocycles. The van der Waals surface area contributed by atoms with Crippen LogP contribution in [0.25, 0.3) is 0 Å². The summed E-state index contributed by atoms with van der Waals surface area (Å²) >= 11 is 0. The van der Waals surface area contributed by atoms with Crippen LogP contribution >= 0.6 is 0 Å². The topological polar surface area (TPSA) is 94.1 Å². The standard InChI is InChI=1S/C14H13BFNO6/c1-14(2)22-12(18)8(13(19)23-14)5-17-11-4-7(16)3-10-9(11)6-21-15(10)20/h3-5,17,20H,6H2,1-2H3. The summed E-state index contributed by atoms with van der Waals surface area (Å²) in [7, 11) is -1.21. The molecule has 1 saturated heterocycles. The third-order valence-corrected chi connectivity index (χ3v) is 3.39. The van der Waals surface area contributed by atoms with Gasteiger partial charge < -0.3 is 24.5 Å². The van der Waals surface area contributed by atoms with E-state index in [1.807, 2.05) is 0 Å². The number of esters is 2. The summed E-state index contributed by atoms with van der Waals surface area (Å²) in [5.74, 6) is -3.61. The monoisotopic (exact) mass is 321 g/mol. The maximum Gasteiger partial charge on any atom is 0.491 e. The molecule has 0 aliphatic carbocycles. The van der Waals surface area contributed by atoms with Crippen LogP contribution in [0.2, 0.25) is 0 Å². The van der Waals surface area contributed by atoms with Crippen LogP contribution in [0.4, 0.5) is 10.1 Å². The average molecular weight is 321 g/mol. The lowest BCUT2D eigenvalue weighted by Gasteiger charge is -2.29. The molecule has 2 aliphatic heterocycles. The predicted molar refractivity (Wildman–Crippen MR) is 76.8 cm³/mol. The van der Waals surface area contributed by atoms with Gasteiger partial charge in [0.25, 0.3) is 5.79 Å². The largest absolute Gasteiger partial charge is 0.491 e. The number of hydrogen-bond acceptors (Lipinski definition) is 7. The molecule has 23 heavy (non-hydrogen) atoms. The minimum Gasteiger partial charge on any atom is -0.423 e. The molecule has 2 aliphatic rings. The molecule has 1 aromatic carbocycles. The number of anilines is 1. The summed E-state index contributed by atoms with van der Waals surface area (Å²) in [4.78, 5) is 23.6. The molecule has 1 fully saturated rings. The molecule has 2 heterocycles. The van der Waals surface area contributed by atoms with Crippen LogP contribution in [0.1, 0.15) is 19.4 Å². The van der Waals surface area contributed by atoms with Gasteiger partial charge >= 0.3 is 19.1 Å². The number of carbonyl (C=O) groups excluding carboxylic acids is 2. The molecular formula is C14H13BFNO6. The Kier molecular flexibility index (Phi) is 3.61. The molecule has 3 rings (SSSR count). The van der Waals surface area contributed by atoms with E-state index >= 15 is 0 Å². The Morgan fingerprint density at radius 2 is 1.96 bits per heavy atom. The van der Waals surface area contributed by atoms with E-state index in [2.05, 4.69) is 5.32 Å². The van der Waals surface area contributed by atoms with Crippen LogP contribution in [-0.2, 0) is 30.3 Å². The van der Waals surface area contributed by atoms with E-state index in [0.717, 1.165) is 12.3 Å².